The van der Waals surface area contributed by atoms with Crippen molar-refractivity contribution in [3.8, 4) is 0 Å². The first-order valence-electron chi connectivity index (χ1n) is 8.90. The van der Waals surface area contributed by atoms with Crippen molar-refractivity contribution in [2.75, 3.05) is 0 Å². The lowest BCUT2D eigenvalue weighted by molar-refractivity contribution is -0.137. The maximum absolute atomic E-state index is 10.5. The molecular formula is C18H32O5. The first-order chi connectivity index (χ1) is 11.0. The highest BCUT2D eigenvalue weighted by Gasteiger charge is 2.39. The van der Waals surface area contributed by atoms with E-state index < -0.39 is 24.3 Å². The Morgan fingerprint density at radius 3 is 2.57 bits per heavy atom. The second-order valence-electron chi connectivity index (χ2n) is 6.70. The minimum Gasteiger partial charge on any atom is -0.481 e. The Morgan fingerprint density at radius 1 is 1.17 bits per heavy atom. The molecule has 5 nitrogen and oxygen atoms in total. The first kappa shape index (κ1) is 20.1. The zero-order chi connectivity index (χ0) is 17.2. The van der Waals surface area contributed by atoms with Crippen LogP contribution in [0.5, 0.6) is 0 Å². The Labute approximate surface area is 139 Å². The van der Waals surface area contributed by atoms with Crippen molar-refractivity contribution in [2.24, 2.45) is 11.8 Å². The van der Waals surface area contributed by atoms with E-state index in [9.17, 15) is 20.1 Å². The summed E-state index contributed by atoms with van der Waals surface area (Å²) >= 11 is 0. The van der Waals surface area contributed by atoms with Crippen LogP contribution >= 0.6 is 0 Å². The molecule has 4 N–H and O–H groups in total. The van der Waals surface area contributed by atoms with Crippen molar-refractivity contribution >= 4 is 5.97 Å². The molecule has 0 bridgehead atoms. The fourth-order valence-corrected chi connectivity index (χ4v) is 3.39. The number of aliphatic hydroxyl groups is 3. The third-order valence-electron chi connectivity index (χ3n) is 4.75. The molecule has 0 amide bonds. The van der Waals surface area contributed by atoms with Crippen molar-refractivity contribution in [3.63, 3.8) is 0 Å². The van der Waals surface area contributed by atoms with Crippen molar-refractivity contribution in [1.82, 2.24) is 0 Å². The van der Waals surface area contributed by atoms with Gasteiger partial charge in [0.15, 0.2) is 0 Å². The molecule has 0 aromatic rings. The fraction of sp³-hybridized carbons (Fsp3) is 0.833. The maximum atomic E-state index is 10.5. The fourth-order valence-electron chi connectivity index (χ4n) is 3.39. The van der Waals surface area contributed by atoms with Crippen LogP contribution in [0.25, 0.3) is 0 Å². The number of hydrogen-bond donors (Lipinski definition) is 4. The highest BCUT2D eigenvalue weighted by molar-refractivity contribution is 5.66. The summed E-state index contributed by atoms with van der Waals surface area (Å²) in [4.78, 5) is 10.5. The third kappa shape index (κ3) is 7.46. The number of aliphatic carboxylic acids is 1. The average molecular weight is 328 g/mol. The summed E-state index contributed by atoms with van der Waals surface area (Å²) in [7, 11) is 0. The van der Waals surface area contributed by atoms with E-state index >= 15 is 0 Å². The first-order valence-corrected chi connectivity index (χ1v) is 8.90. The normalized spacial score (nSPS) is 29.2. The predicted octanol–water partition coefficient (Wildman–Crippen LogP) is 2.49. The summed E-state index contributed by atoms with van der Waals surface area (Å²) < 4.78 is 0. The van der Waals surface area contributed by atoms with Crippen LogP contribution in [0.3, 0.4) is 0 Å². The van der Waals surface area contributed by atoms with Gasteiger partial charge >= 0.3 is 5.97 Å². The molecule has 0 radical (unpaired) electrons. The summed E-state index contributed by atoms with van der Waals surface area (Å²) in [6.45, 7) is 2.12. The molecular weight excluding hydrogens is 296 g/mol. The van der Waals surface area contributed by atoms with Crippen LogP contribution in [0.1, 0.15) is 64.7 Å². The Morgan fingerprint density at radius 2 is 1.91 bits per heavy atom. The van der Waals surface area contributed by atoms with Crippen LogP contribution in [0.4, 0.5) is 0 Å². The van der Waals surface area contributed by atoms with Crippen LogP contribution in [0.15, 0.2) is 12.2 Å². The average Bonchev–Trinajstić information content (AvgIpc) is 2.75. The summed E-state index contributed by atoms with van der Waals surface area (Å²) in [6.07, 6.45) is 8.37. The van der Waals surface area contributed by atoms with Gasteiger partial charge in [-0.25, -0.2) is 0 Å². The number of unbranched alkanes of at least 4 members (excludes halogenated alkanes) is 3. The van der Waals surface area contributed by atoms with Gasteiger partial charge in [-0.1, -0.05) is 44.8 Å². The molecule has 1 aliphatic carbocycles. The molecule has 5 heteroatoms. The summed E-state index contributed by atoms with van der Waals surface area (Å²) in [5.74, 6) is -1.02. The van der Waals surface area contributed by atoms with Gasteiger partial charge in [0.25, 0.3) is 0 Å². The molecule has 0 aromatic carbocycles. The van der Waals surface area contributed by atoms with Gasteiger partial charge in [0.2, 0.25) is 0 Å². The molecule has 0 heterocycles. The quantitative estimate of drug-likeness (QED) is 0.345. The van der Waals surface area contributed by atoms with Gasteiger partial charge in [0, 0.05) is 18.8 Å². The van der Waals surface area contributed by atoms with Gasteiger partial charge in [-0.05, 0) is 25.2 Å². The molecule has 134 valence electrons. The molecule has 0 aliphatic heterocycles. The van der Waals surface area contributed by atoms with Gasteiger partial charge in [-0.2, -0.15) is 0 Å². The topological polar surface area (TPSA) is 98.0 Å². The standard InChI is InChI=1S/C18H32O5/c1-2-3-4-7-13(19)10-11-15-14(16(20)12-17(15)21)8-5-6-9-18(22)23/h10-11,13-17,19-21H,2-9,12H2,1H3,(H,22,23)/b11-10+/t13-,14+,15+,16-,17+/m0/s1. The van der Waals surface area contributed by atoms with E-state index in [-0.39, 0.29) is 18.3 Å². The Bertz CT molecular complexity index is 368. The Kier molecular flexibility index (Phi) is 9.44. The van der Waals surface area contributed by atoms with Crippen molar-refractivity contribution in [1.29, 1.82) is 0 Å². The maximum Gasteiger partial charge on any atom is 0.303 e. The number of carboxylic acids is 1. The molecule has 0 aromatic heterocycles. The molecule has 1 saturated carbocycles. The van der Waals surface area contributed by atoms with Crippen LogP contribution in [0.2, 0.25) is 0 Å². The Balaban J connectivity index is 2.46. The van der Waals surface area contributed by atoms with E-state index in [1.165, 1.54) is 0 Å². The van der Waals surface area contributed by atoms with Gasteiger partial charge < -0.3 is 20.4 Å². The lowest BCUT2D eigenvalue weighted by Gasteiger charge is -2.21. The van der Waals surface area contributed by atoms with E-state index in [1.54, 1.807) is 6.08 Å². The van der Waals surface area contributed by atoms with Crippen LogP contribution < -0.4 is 0 Å². The second-order valence-corrected chi connectivity index (χ2v) is 6.70. The predicted molar refractivity (Wildman–Crippen MR) is 89.0 cm³/mol. The molecule has 0 saturated heterocycles. The lowest BCUT2D eigenvalue weighted by atomic mass is 9.88. The zero-order valence-electron chi connectivity index (χ0n) is 14.1. The van der Waals surface area contributed by atoms with Crippen LogP contribution in [-0.2, 0) is 4.79 Å². The van der Waals surface area contributed by atoms with E-state index in [0.717, 1.165) is 32.1 Å². The smallest absolute Gasteiger partial charge is 0.303 e. The molecule has 0 unspecified atom stereocenters. The Hall–Kier alpha value is -0.910. The summed E-state index contributed by atoms with van der Waals surface area (Å²) in [6, 6.07) is 0. The van der Waals surface area contributed by atoms with Gasteiger partial charge in [0.1, 0.15) is 0 Å². The highest BCUT2D eigenvalue weighted by Crippen LogP contribution is 2.37. The molecule has 1 rings (SSSR count). The number of aliphatic hydroxyl groups excluding tert-OH is 3. The highest BCUT2D eigenvalue weighted by atomic mass is 16.4. The largest absolute Gasteiger partial charge is 0.481 e. The molecule has 1 fully saturated rings. The summed E-state index contributed by atoms with van der Waals surface area (Å²) in [5, 5.41) is 38.8. The molecule has 23 heavy (non-hydrogen) atoms. The zero-order valence-corrected chi connectivity index (χ0v) is 14.1. The molecule has 1 aliphatic rings. The van der Waals surface area contributed by atoms with Crippen molar-refractivity contribution in [2.45, 2.75) is 83.0 Å². The number of carbonyl (C=O) groups is 1. The minimum atomic E-state index is -0.802. The van der Waals surface area contributed by atoms with E-state index in [0.29, 0.717) is 19.3 Å². The van der Waals surface area contributed by atoms with Crippen molar-refractivity contribution < 1.29 is 25.2 Å². The molecule has 5 atom stereocenters. The van der Waals surface area contributed by atoms with Gasteiger partial charge in [0.05, 0.1) is 18.3 Å². The number of hydrogen-bond acceptors (Lipinski definition) is 4. The third-order valence-corrected chi connectivity index (χ3v) is 4.75. The monoisotopic (exact) mass is 328 g/mol. The van der Waals surface area contributed by atoms with E-state index in [2.05, 4.69) is 6.92 Å². The summed E-state index contributed by atoms with van der Waals surface area (Å²) in [5.41, 5.74) is 0. The van der Waals surface area contributed by atoms with E-state index in [4.69, 9.17) is 5.11 Å². The van der Waals surface area contributed by atoms with Crippen molar-refractivity contribution in [3.05, 3.63) is 12.2 Å². The van der Waals surface area contributed by atoms with E-state index in [1.807, 2.05) is 6.08 Å². The second kappa shape index (κ2) is 10.8. The van der Waals surface area contributed by atoms with Crippen LogP contribution in [0, 0.1) is 11.8 Å². The van der Waals surface area contributed by atoms with Gasteiger partial charge in [-0.15, -0.1) is 0 Å². The number of carboxylic acid groups (broad SMARTS) is 1. The number of rotatable bonds is 11. The SMILES string of the molecule is CCCCC[C@H](O)/C=C/[C@@H]1[C@@H](CCCCC(=O)O)[C@@H](O)C[C@H]1O. The lowest BCUT2D eigenvalue weighted by Crippen LogP contribution is -2.21. The van der Waals surface area contributed by atoms with Crippen LogP contribution in [-0.4, -0.2) is 44.7 Å². The minimum absolute atomic E-state index is 0.0575. The molecule has 0 spiro atoms. The van der Waals surface area contributed by atoms with Gasteiger partial charge in [-0.3, -0.25) is 4.79 Å².